The number of aromatic nitrogens is 2. The first kappa shape index (κ1) is 23.8. The highest BCUT2D eigenvalue weighted by Gasteiger charge is 2.27. The quantitative estimate of drug-likeness (QED) is 0.457. The van der Waals surface area contributed by atoms with Crippen molar-refractivity contribution in [2.75, 3.05) is 12.4 Å². The van der Waals surface area contributed by atoms with Crippen molar-refractivity contribution < 1.29 is 28.6 Å². The molecule has 2 aromatic heterocycles. The number of primary amides is 1. The molecule has 2 amide bonds. The lowest BCUT2D eigenvalue weighted by Crippen LogP contribution is -2.18. The van der Waals surface area contributed by atoms with Crippen molar-refractivity contribution in [3.63, 3.8) is 0 Å². The van der Waals surface area contributed by atoms with Crippen molar-refractivity contribution >= 4 is 34.1 Å². The number of hydrogen-bond donors (Lipinski definition) is 2. The first-order valence-electron chi connectivity index (χ1n) is 9.95. The summed E-state index contributed by atoms with van der Waals surface area (Å²) >= 11 is 0.913. The largest absolute Gasteiger partial charge is 0.497 e. The molecule has 1 aromatic carbocycles. The predicted octanol–water partition coefficient (Wildman–Crippen LogP) is 3.21. The molecule has 0 saturated carbocycles. The van der Waals surface area contributed by atoms with Crippen LogP contribution in [-0.2, 0) is 11.5 Å². The lowest BCUT2D eigenvalue weighted by atomic mass is 10.1. The van der Waals surface area contributed by atoms with E-state index in [0.29, 0.717) is 17.1 Å². The normalized spacial score (nSPS) is 10.7. The molecule has 2 heterocycles. The Hall–Kier alpha value is -3.86. The van der Waals surface area contributed by atoms with E-state index in [2.05, 4.69) is 10.4 Å². The van der Waals surface area contributed by atoms with E-state index < -0.39 is 17.8 Å². The van der Waals surface area contributed by atoms with Crippen molar-refractivity contribution in [2.45, 2.75) is 33.6 Å². The minimum absolute atomic E-state index is 0.0789. The van der Waals surface area contributed by atoms with Crippen molar-refractivity contribution in [1.82, 2.24) is 9.78 Å². The molecular formula is C22H24N4O6S. The summed E-state index contributed by atoms with van der Waals surface area (Å²) in [6, 6.07) is 8.55. The van der Waals surface area contributed by atoms with Crippen molar-refractivity contribution in [1.29, 1.82) is 0 Å². The number of hydrogen-bond acceptors (Lipinski definition) is 8. The number of methoxy groups -OCH3 is 1. The lowest BCUT2D eigenvalue weighted by Gasteiger charge is -2.10. The van der Waals surface area contributed by atoms with Crippen LogP contribution in [0.4, 0.5) is 5.00 Å². The molecule has 0 saturated heterocycles. The number of carbonyl (C=O) groups is 3. The average molecular weight is 473 g/mol. The Morgan fingerprint density at radius 3 is 2.42 bits per heavy atom. The first-order valence-corrected chi connectivity index (χ1v) is 10.8. The summed E-state index contributed by atoms with van der Waals surface area (Å²) in [5, 5.41) is 7.00. The molecule has 0 aliphatic heterocycles. The van der Waals surface area contributed by atoms with Gasteiger partial charge in [-0.15, -0.1) is 11.3 Å². The SMILES string of the molecule is COc1ccc(OCn2ccc(C(=O)Nc3sc(C(N)=O)c(C)c3C(=O)OC(C)C)n2)cc1. The van der Waals surface area contributed by atoms with Crippen LogP contribution in [0.3, 0.4) is 0 Å². The van der Waals surface area contributed by atoms with E-state index in [0.717, 1.165) is 11.3 Å². The number of amides is 2. The first-order chi connectivity index (χ1) is 15.7. The van der Waals surface area contributed by atoms with Gasteiger partial charge in [-0.1, -0.05) is 0 Å². The number of rotatable bonds is 9. The number of thiophene rings is 1. The topological polar surface area (TPSA) is 135 Å². The number of anilines is 1. The molecule has 0 bridgehead atoms. The average Bonchev–Trinajstić information content (AvgIpc) is 3.36. The molecule has 0 radical (unpaired) electrons. The second-order valence-electron chi connectivity index (χ2n) is 7.22. The Kier molecular flexibility index (Phi) is 7.34. The van der Waals surface area contributed by atoms with Crippen molar-refractivity contribution in [2.24, 2.45) is 5.73 Å². The molecule has 0 atom stereocenters. The predicted molar refractivity (Wildman–Crippen MR) is 122 cm³/mol. The maximum absolute atomic E-state index is 12.8. The van der Waals surface area contributed by atoms with Crippen molar-refractivity contribution in [3.8, 4) is 11.5 Å². The summed E-state index contributed by atoms with van der Waals surface area (Å²) in [6.45, 7) is 5.06. The standard InChI is InChI=1S/C22H24N4O6S/c1-12(2)32-22(29)17-13(3)18(19(23)27)33-21(17)24-20(28)16-9-10-26(25-16)11-31-15-7-5-14(30-4)6-8-15/h5-10,12H,11H2,1-4H3,(H2,23,27)(H,24,28). The molecule has 33 heavy (non-hydrogen) atoms. The zero-order chi connectivity index (χ0) is 24.1. The fraction of sp³-hybridized carbons (Fsp3) is 0.273. The summed E-state index contributed by atoms with van der Waals surface area (Å²) in [7, 11) is 1.58. The smallest absolute Gasteiger partial charge is 0.341 e. The second-order valence-corrected chi connectivity index (χ2v) is 8.24. The van der Waals surface area contributed by atoms with Gasteiger partial charge >= 0.3 is 5.97 Å². The minimum Gasteiger partial charge on any atom is -0.497 e. The van der Waals surface area contributed by atoms with Gasteiger partial charge in [0.25, 0.3) is 11.8 Å². The van der Waals surface area contributed by atoms with E-state index in [9.17, 15) is 14.4 Å². The summed E-state index contributed by atoms with van der Waals surface area (Å²) < 4.78 is 17.4. The molecule has 10 nitrogen and oxygen atoms in total. The van der Waals surface area contributed by atoms with Gasteiger partial charge in [-0.2, -0.15) is 5.10 Å². The summed E-state index contributed by atoms with van der Waals surface area (Å²) in [4.78, 5) is 37.2. The number of esters is 1. The number of benzene rings is 1. The van der Waals surface area contributed by atoms with E-state index in [1.54, 1.807) is 58.3 Å². The third-order valence-corrected chi connectivity index (χ3v) is 5.66. The van der Waals surface area contributed by atoms with Crippen LogP contribution in [0.5, 0.6) is 11.5 Å². The third-order valence-electron chi connectivity index (χ3n) is 4.44. The van der Waals surface area contributed by atoms with Crippen LogP contribution >= 0.6 is 11.3 Å². The van der Waals surface area contributed by atoms with Gasteiger partial charge in [0.05, 0.1) is 23.7 Å². The fourth-order valence-electron chi connectivity index (χ4n) is 2.89. The third kappa shape index (κ3) is 5.69. The monoisotopic (exact) mass is 472 g/mol. The van der Waals surface area contributed by atoms with Crippen LogP contribution in [0.15, 0.2) is 36.5 Å². The maximum atomic E-state index is 12.8. The Morgan fingerprint density at radius 2 is 1.82 bits per heavy atom. The van der Waals surface area contributed by atoms with E-state index in [1.165, 1.54) is 10.7 Å². The fourth-order valence-corrected chi connectivity index (χ4v) is 3.93. The Labute approximate surface area is 194 Å². The van der Waals surface area contributed by atoms with Crippen LogP contribution in [-0.4, -0.2) is 40.8 Å². The molecule has 3 rings (SSSR count). The molecule has 0 unspecified atom stereocenters. The van der Waals surface area contributed by atoms with Gasteiger partial charge < -0.3 is 25.3 Å². The van der Waals surface area contributed by atoms with Crippen LogP contribution in [0.25, 0.3) is 0 Å². The van der Waals surface area contributed by atoms with Crippen LogP contribution < -0.4 is 20.5 Å². The number of nitrogens with one attached hydrogen (secondary N) is 1. The highest BCUT2D eigenvalue weighted by molar-refractivity contribution is 7.18. The van der Waals surface area contributed by atoms with Gasteiger partial charge in [0, 0.05) is 6.20 Å². The van der Waals surface area contributed by atoms with Gasteiger partial charge in [-0.25, -0.2) is 9.48 Å². The molecule has 174 valence electrons. The van der Waals surface area contributed by atoms with Gasteiger partial charge in [0.2, 0.25) is 0 Å². The summed E-state index contributed by atoms with van der Waals surface area (Å²) in [5.74, 6) is -0.593. The number of nitrogens with two attached hydrogens (primary N) is 1. The van der Waals surface area contributed by atoms with Crippen LogP contribution in [0.2, 0.25) is 0 Å². The maximum Gasteiger partial charge on any atom is 0.341 e. The highest BCUT2D eigenvalue weighted by atomic mass is 32.1. The van der Waals surface area contributed by atoms with E-state index >= 15 is 0 Å². The zero-order valence-corrected chi connectivity index (χ0v) is 19.4. The second kappa shape index (κ2) is 10.2. The molecule has 0 fully saturated rings. The summed E-state index contributed by atoms with van der Waals surface area (Å²) in [6.07, 6.45) is 1.21. The van der Waals surface area contributed by atoms with Crippen LogP contribution in [0, 0.1) is 6.92 Å². The Morgan fingerprint density at radius 1 is 1.15 bits per heavy atom. The molecular weight excluding hydrogens is 448 g/mol. The van der Waals surface area contributed by atoms with E-state index in [4.69, 9.17) is 19.9 Å². The Bertz CT molecular complexity index is 1170. The van der Waals surface area contributed by atoms with Gasteiger partial charge in [-0.05, 0) is 56.7 Å². The number of carbonyl (C=O) groups excluding carboxylic acids is 3. The minimum atomic E-state index is -0.698. The zero-order valence-electron chi connectivity index (χ0n) is 18.6. The molecule has 3 N–H and O–H groups in total. The highest BCUT2D eigenvalue weighted by Crippen LogP contribution is 2.34. The van der Waals surface area contributed by atoms with E-state index in [-0.39, 0.29) is 34.0 Å². The molecule has 11 heteroatoms. The summed E-state index contributed by atoms with van der Waals surface area (Å²) in [5.41, 5.74) is 5.96. The van der Waals surface area contributed by atoms with E-state index in [1.807, 2.05) is 0 Å². The van der Waals surface area contributed by atoms with Crippen LogP contribution in [0.1, 0.15) is 49.9 Å². The van der Waals surface area contributed by atoms with Gasteiger partial charge in [0.15, 0.2) is 12.4 Å². The molecule has 0 aliphatic rings. The molecule has 3 aromatic rings. The Balaban J connectivity index is 1.73. The van der Waals surface area contributed by atoms with Gasteiger partial charge in [-0.3, -0.25) is 9.59 Å². The van der Waals surface area contributed by atoms with Crippen molar-refractivity contribution in [3.05, 3.63) is 58.2 Å². The van der Waals surface area contributed by atoms with Gasteiger partial charge in [0.1, 0.15) is 16.5 Å². The number of nitrogens with zero attached hydrogens (tertiary/aromatic N) is 2. The molecule has 0 aliphatic carbocycles. The lowest BCUT2D eigenvalue weighted by molar-refractivity contribution is 0.0379. The number of ether oxygens (including phenoxy) is 3. The molecule has 0 spiro atoms.